The average molecular weight is 230 g/mol. The number of aromatic nitrogens is 2. The highest BCUT2D eigenvalue weighted by atomic mass is 19.4. The molecule has 9 heteroatoms. The van der Waals surface area contributed by atoms with E-state index in [1.807, 2.05) is 0 Å². The fourth-order valence-electron chi connectivity index (χ4n) is 0.855. The average Bonchev–Trinajstić information content (AvgIpc) is 2.45. The molecule has 0 aliphatic carbocycles. The molecular weight excluding hydrogens is 227 g/mol. The van der Waals surface area contributed by atoms with Crippen molar-refractivity contribution in [1.29, 1.82) is 0 Å². The fourth-order valence-corrected chi connectivity index (χ4v) is 0.855. The highest BCUT2D eigenvalue weighted by Gasteiger charge is 2.39. The Morgan fingerprint density at radius 2 is 1.93 bits per heavy atom. The van der Waals surface area contributed by atoms with E-state index in [1.165, 1.54) is 4.98 Å². The number of aromatic amines is 1. The lowest BCUT2D eigenvalue weighted by Crippen LogP contribution is -2.12. The number of nitrogens with one attached hydrogen (secondary N) is 1. The molecule has 15 heavy (non-hydrogen) atoms. The van der Waals surface area contributed by atoms with Crippen molar-refractivity contribution < 1.29 is 31.9 Å². The summed E-state index contributed by atoms with van der Waals surface area (Å²) in [4.78, 5) is 14.2. The van der Waals surface area contributed by atoms with Crippen molar-refractivity contribution in [1.82, 2.24) is 9.97 Å². The third kappa shape index (κ3) is 2.22. The molecule has 0 atom stereocenters. The van der Waals surface area contributed by atoms with Crippen LogP contribution in [0.4, 0.5) is 22.0 Å². The maximum Gasteiger partial charge on any atom is 0.433 e. The zero-order chi connectivity index (χ0) is 11.8. The van der Waals surface area contributed by atoms with E-state index in [9.17, 15) is 26.7 Å². The van der Waals surface area contributed by atoms with E-state index in [0.717, 1.165) is 0 Å². The lowest BCUT2D eigenvalue weighted by atomic mass is 10.3. The van der Waals surface area contributed by atoms with Crippen molar-refractivity contribution in [3.05, 3.63) is 17.2 Å². The molecule has 0 aromatic carbocycles. The monoisotopic (exact) mass is 230 g/mol. The second kappa shape index (κ2) is 3.48. The van der Waals surface area contributed by atoms with Gasteiger partial charge in [-0.05, 0) is 0 Å². The lowest BCUT2D eigenvalue weighted by Gasteiger charge is -2.03. The molecule has 1 aromatic heterocycles. The highest BCUT2D eigenvalue weighted by Crippen LogP contribution is 2.32. The Morgan fingerprint density at radius 3 is 2.20 bits per heavy atom. The first-order valence-electron chi connectivity index (χ1n) is 3.42. The molecule has 0 fully saturated rings. The number of carboxylic acids is 1. The minimum absolute atomic E-state index is 1.24. The molecule has 0 bridgehead atoms. The van der Waals surface area contributed by atoms with E-state index >= 15 is 0 Å². The molecule has 0 saturated heterocycles. The second-order valence-corrected chi connectivity index (χ2v) is 2.45. The molecule has 1 heterocycles. The number of hydrogen-bond acceptors (Lipinski definition) is 2. The van der Waals surface area contributed by atoms with Gasteiger partial charge in [0.25, 0.3) is 6.43 Å². The molecule has 0 unspecified atom stereocenters. The molecule has 1 rings (SSSR count). The number of rotatable bonds is 2. The number of aromatic carboxylic acids is 1. The fraction of sp³-hybridized carbons (Fsp3) is 0.333. The first-order valence-corrected chi connectivity index (χ1v) is 3.42. The van der Waals surface area contributed by atoms with Crippen LogP contribution in [0, 0.1) is 0 Å². The summed E-state index contributed by atoms with van der Waals surface area (Å²) >= 11 is 0. The van der Waals surface area contributed by atoms with E-state index in [0.29, 0.717) is 0 Å². The van der Waals surface area contributed by atoms with Gasteiger partial charge in [0.15, 0.2) is 17.2 Å². The van der Waals surface area contributed by atoms with Crippen LogP contribution in [0.2, 0.25) is 0 Å². The van der Waals surface area contributed by atoms with E-state index < -0.39 is 35.8 Å². The zero-order valence-electron chi connectivity index (χ0n) is 6.77. The number of hydrogen-bond donors (Lipinski definition) is 2. The summed E-state index contributed by atoms with van der Waals surface area (Å²) in [6.07, 6.45) is -8.35. The molecule has 2 N–H and O–H groups in total. The summed E-state index contributed by atoms with van der Waals surface area (Å²) < 4.78 is 60.2. The minimum Gasteiger partial charge on any atom is -0.476 e. The molecule has 0 spiro atoms. The van der Waals surface area contributed by atoms with Crippen LogP contribution < -0.4 is 0 Å². The number of carbonyl (C=O) groups is 1. The summed E-state index contributed by atoms with van der Waals surface area (Å²) in [6.45, 7) is 0. The van der Waals surface area contributed by atoms with Gasteiger partial charge in [0, 0.05) is 0 Å². The van der Waals surface area contributed by atoms with Crippen LogP contribution in [0.1, 0.15) is 28.4 Å². The third-order valence-electron chi connectivity index (χ3n) is 1.41. The van der Waals surface area contributed by atoms with Gasteiger partial charge >= 0.3 is 12.1 Å². The van der Waals surface area contributed by atoms with Gasteiger partial charge in [-0.2, -0.15) is 13.2 Å². The van der Waals surface area contributed by atoms with Crippen LogP contribution in [0.3, 0.4) is 0 Å². The van der Waals surface area contributed by atoms with Gasteiger partial charge in [-0.15, -0.1) is 0 Å². The van der Waals surface area contributed by atoms with Crippen molar-refractivity contribution in [3.63, 3.8) is 0 Å². The predicted octanol–water partition coefficient (Wildman–Crippen LogP) is 2.06. The number of alkyl halides is 5. The second-order valence-electron chi connectivity index (χ2n) is 2.45. The number of H-pyrrole nitrogens is 1. The maximum atomic E-state index is 12.1. The Kier molecular flexibility index (Phi) is 2.65. The first kappa shape index (κ1) is 11.4. The first-order chi connectivity index (χ1) is 6.73. The number of halogens is 5. The molecule has 0 saturated carbocycles. The van der Waals surface area contributed by atoms with Crippen molar-refractivity contribution in [3.8, 4) is 0 Å². The van der Waals surface area contributed by atoms with Crippen LogP contribution in [0.25, 0.3) is 0 Å². The molecule has 0 aliphatic rings. The van der Waals surface area contributed by atoms with E-state index in [1.54, 1.807) is 0 Å². The van der Waals surface area contributed by atoms with Crippen molar-refractivity contribution >= 4 is 5.97 Å². The SMILES string of the molecule is O=C(O)c1nc(C(F)F)[nH]c1C(F)(F)F. The van der Waals surface area contributed by atoms with Crippen LogP contribution >= 0.6 is 0 Å². The quantitative estimate of drug-likeness (QED) is 0.764. The van der Waals surface area contributed by atoms with Gasteiger partial charge in [0.05, 0.1) is 0 Å². The molecule has 0 amide bonds. The smallest absolute Gasteiger partial charge is 0.433 e. The molecule has 4 nitrogen and oxygen atoms in total. The number of carboxylic acid groups (broad SMARTS) is 1. The highest BCUT2D eigenvalue weighted by molar-refractivity contribution is 5.87. The van der Waals surface area contributed by atoms with Gasteiger partial charge in [-0.3, -0.25) is 0 Å². The third-order valence-corrected chi connectivity index (χ3v) is 1.41. The van der Waals surface area contributed by atoms with Crippen LogP contribution in [0.5, 0.6) is 0 Å². The van der Waals surface area contributed by atoms with Gasteiger partial charge < -0.3 is 10.1 Å². The molecular formula is C6H3F5N2O2. The maximum absolute atomic E-state index is 12.1. The van der Waals surface area contributed by atoms with E-state index in [2.05, 4.69) is 4.98 Å². The molecule has 0 aliphatic heterocycles. The van der Waals surface area contributed by atoms with E-state index in [4.69, 9.17) is 5.11 Å². The lowest BCUT2D eigenvalue weighted by molar-refractivity contribution is -0.141. The topological polar surface area (TPSA) is 66.0 Å². The van der Waals surface area contributed by atoms with Gasteiger partial charge in [-0.25, -0.2) is 18.6 Å². The van der Waals surface area contributed by atoms with Gasteiger partial charge in [0.1, 0.15) is 0 Å². The molecule has 84 valence electrons. The predicted molar refractivity (Wildman–Crippen MR) is 35.5 cm³/mol. The summed E-state index contributed by atoms with van der Waals surface area (Å²) in [5, 5.41) is 8.30. The summed E-state index contributed by atoms with van der Waals surface area (Å²) in [6, 6.07) is 0. The Balaban J connectivity index is 3.30. The van der Waals surface area contributed by atoms with E-state index in [-0.39, 0.29) is 0 Å². The van der Waals surface area contributed by atoms with Gasteiger partial charge in [0.2, 0.25) is 0 Å². The Hall–Kier alpha value is -1.67. The Morgan fingerprint density at radius 1 is 1.40 bits per heavy atom. The van der Waals surface area contributed by atoms with Crippen molar-refractivity contribution in [2.24, 2.45) is 0 Å². The largest absolute Gasteiger partial charge is 0.476 e. The van der Waals surface area contributed by atoms with Crippen molar-refractivity contribution in [2.75, 3.05) is 0 Å². The van der Waals surface area contributed by atoms with Crippen LogP contribution in [-0.4, -0.2) is 21.0 Å². The summed E-state index contributed by atoms with van der Waals surface area (Å²) in [5.41, 5.74) is -3.25. The Bertz CT molecular complexity index is 383. The normalized spacial score (nSPS) is 12.1. The molecule has 0 radical (unpaired) electrons. The van der Waals surface area contributed by atoms with Gasteiger partial charge in [-0.1, -0.05) is 0 Å². The van der Waals surface area contributed by atoms with Crippen LogP contribution in [-0.2, 0) is 6.18 Å². The Labute approximate surface area is 78.7 Å². The zero-order valence-corrected chi connectivity index (χ0v) is 6.77. The van der Waals surface area contributed by atoms with Crippen molar-refractivity contribution in [2.45, 2.75) is 12.6 Å². The number of nitrogens with zero attached hydrogens (tertiary/aromatic N) is 1. The molecule has 1 aromatic rings. The van der Waals surface area contributed by atoms with Crippen LogP contribution in [0.15, 0.2) is 0 Å². The standard InChI is InChI=1S/C6H3F5N2O2/c7-3(8)4-12-1(5(14)15)2(13-4)6(9,10)11/h3H,(H,12,13)(H,14,15). The summed E-state index contributed by atoms with van der Waals surface area (Å²) in [5.74, 6) is -3.34. The minimum atomic E-state index is -5.06. The number of imidazole rings is 1. The summed E-state index contributed by atoms with van der Waals surface area (Å²) in [7, 11) is 0.